The second-order valence-electron chi connectivity index (χ2n) is 14.0. The Bertz CT molecular complexity index is 2570. The van der Waals surface area contributed by atoms with Crippen molar-refractivity contribution in [1.82, 2.24) is 10.6 Å². The van der Waals surface area contributed by atoms with Crippen LogP contribution in [0.5, 0.6) is 0 Å². The van der Waals surface area contributed by atoms with E-state index >= 15 is 0 Å². The van der Waals surface area contributed by atoms with Gasteiger partial charge in [0.25, 0.3) is 21.9 Å². The van der Waals surface area contributed by atoms with Gasteiger partial charge in [0.15, 0.2) is 5.78 Å². The van der Waals surface area contributed by atoms with E-state index in [0.717, 1.165) is 11.3 Å². The van der Waals surface area contributed by atoms with Gasteiger partial charge >= 0.3 is 58.9 Å². The number of benzene rings is 5. The number of thioether (sulfide) groups is 1. The van der Waals surface area contributed by atoms with Crippen LogP contribution in [0, 0.1) is 7.43 Å². The van der Waals surface area contributed by atoms with E-state index in [1.807, 2.05) is 49.3 Å². The average molecular weight is 1080 g/mol. The number of fused-ring (bicyclic) bond motifs is 1. The fraction of sp³-hybridized carbons (Fsp3) is 0.244. The molecule has 0 bridgehead atoms. The van der Waals surface area contributed by atoms with Crippen LogP contribution in [0.2, 0.25) is 0 Å². The molecule has 66 heavy (non-hydrogen) atoms. The monoisotopic (exact) mass is 1070 g/mol. The van der Waals surface area contributed by atoms with E-state index < -0.39 is 29.6 Å². The third-order valence-corrected chi connectivity index (χ3v) is 13.3. The molecule has 2 unspecified atom stereocenters. The van der Waals surface area contributed by atoms with Crippen molar-refractivity contribution in [3.05, 3.63) is 151 Å². The number of rotatable bonds is 22. The van der Waals surface area contributed by atoms with Crippen LogP contribution in [0.15, 0.2) is 136 Å². The largest absolute Gasteiger partial charge is 1.00 e. The van der Waals surface area contributed by atoms with Crippen LogP contribution in [-0.2, 0) is 75.8 Å². The Morgan fingerprint density at radius 3 is 2.05 bits per heavy atom. The molecule has 0 saturated heterocycles. The van der Waals surface area contributed by atoms with E-state index in [0.29, 0.717) is 58.3 Å². The van der Waals surface area contributed by atoms with Crippen molar-refractivity contribution in [2.45, 2.75) is 37.1 Å². The molecule has 0 aliphatic rings. The van der Waals surface area contributed by atoms with E-state index in [2.05, 4.69) is 25.9 Å². The summed E-state index contributed by atoms with van der Waals surface area (Å²) in [5.41, 5.74) is 4.33. The molecule has 1 radical (unpaired) electrons. The molecule has 2 amide bonds. The number of anilines is 2. The SMILES string of the molecule is CCOP(=O)(/C=C\SCC(NC(=O)c1ccc(N=Nc2ccc(N(C)C)cc2)cc1)C(=O)CC[S-])Nc1ccc(C(=O)NCCCc2cccc3c(S(=O)(=O)O)cccc23)cc1.[CH3-].[K+].[NH2-].[Y]. The van der Waals surface area contributed by atoms with Gasteiger partial charge in [-0.05, 0) is 121 Å². The summed E-state index contributed by atoms with van der Waals surface area (Å²) in [7, 11) is -4.05. The zero-order valence-corrected chi connectivity index (χ0v) is 46.9. The molecule has 0 spiro atoms. The summed E-state index contributed by atoms with van der Waals surface area (Å²) in [4.78, 5) is 40.9. The zero-order valence-electron chi connectivity index (χ0n) is 37.5. The molecule has 0 fully saturated rings. The first-order valence-electron chi connectivity index (χ1n) is 19.6. The van der Waals surface area contributed by atoms with Crippen molar-refractivity contribution in [2.24, 2.45) is 10.2 Å². The first-order chi connectivity index (χ1) is 29.7. The molecule has 0 heterocycles. The van der Waals surface area contributed by atoms with Gasteiger partial charge in [-0.25, -0.2) is 0 Å². The Labute approximate surface area is 465 Å². The molecule has 0 aromatic heterocycles. The second-order valence-corrected chi connectivity index (χ2v) is 18.7. The third kappa shape index (κ3) is 18.7. The van der Waals surface area contributed by atoms with E-state index in [1.54, 1.807) is 85.1 Å². The maximum Gasteiger partial charge on any atom is 1.00 e. The molecule has 15 nitrogen and oxygen atoms in total. The number of carbonyl (C=O) groups excluding carboxylic acids is 3. The van der Waals surface area contributed by atoms with Crippen molar-refractivity contribution >= 4 is 93.1 Å². The number of azo groups is 1. The summed E-state index contributed by atoms with van der Waals surface area (Å²) >= 11 is 6.21. The maximum absolute atomic E-state index is 13.8. The third-order valence-electron chi connectivity index (χ3n) is 9.35. The summed E-state index contributed by atoms with van der Waals surface area (Å²) in [5, 5.41) is 19.8. The number of amides is 2. The molecule has 5 aromatic rings. The first-order valence-corrected chi connectivity index (χ1v) is 24.3. The van der Waals surface area contributed by atoms with Crippen molar-refractivity contribution in [2.75, 3.05) is 48.7 Å². The average Bonchev–Trinajstić information content (AvgIpc) is 3.25. The van der Waals surface area contributed by atoms with Crippen LogP contribution in [-0.4, -0.2) is 75.4 Å². The fourth-order valence-corrected chi connectivity index (χ4v) is 9.75. The van der Waals surface area contributed by atoms with E-state index in [9.17, 15) is 31.9 Å². The number of hydrogen-bond acceptors (Lipinski definition) is 12. The second kappa shape index (κ2) is 30.1. The number of aryl methyl sites for hydroxylation is 1. The summed E-state index contributed by atoms with van der Waals surface area (Å²) in [6.45, 7) is 2.20. The Hall–Kier alpha value is -2.59. The molecular weight excluding hydrogens is 1020 g/mol. The molecule has 2 atom stereocenters. The predicted molar refractivity (Wildman–Crippen MR) is 262 cm³/mol. The number of hydrogen-bond donors (Lipinski definition) is 4. The van der Waals surface area contributed by atoms with Gasteiger partial charge in [-0.2, -0.15) is 24.4 Å². The van der Waals surface area contributed by atoms with Gasteiger partial charge in [-0.1, -0.05) is 30.3 Å². The molecule has 0 aliphatic heterocycles. The zero-order chi connectivity index (χ0) is 44.7. The number of Topliss-reactive ketones (excluding diaryl/α,β-unsaturated/α-hetero) is 1. The summed E-state index contributed by atoms with van der Waals surface area (Å²) in [5.74, 6) is 0.768. The van der Waals surface area contributed by atoms with Crippen molar-refractivity contribution in [3.8, 4) is 0 Å². The standard InChI is InChI=1S/C44H49N6O8PS3.CH3.K.H2N.Y/c1-4-58-59(54,49-36-19-15-32(16-20-36)43(52)45-26-7-9-31-8-5-11-39-38(31)10-6-12-42(39)62(55,56)57)27-29-61-30-40(41(51)25-28-60)46-44(53)33-13-17-34(18-14-33)47-48-35-21-23-37(24-22-35)50(2)3;;;;/h5-6,8,10-24,27,29,40,60H,4,7,9,25-26,28,30H2,1-3H3,(H,45,52)(H,46,53)(H,49,54)(H,55,56,57);1H3;;1H2;/q;-1;+1;-1;/p-1/b29-27-,48-47?;;;;. The number of nitrogens with two attached hydrogens (primary N) is 1. The molecule has 6 N–H and O–H groups in total. The van der Waals surface area contributed by atoms with Crippen LogP contribution in [0.1, 0.15) is 46.0 Å². The Morgan fingerprint density at radius 2 is 1.45 bits per heavy atom. The minimum absolute atomic E-state index is 0. The van der Waals surface area contributed by atoms with Gasteiger partial charge in [-0.15, -0.1) is 11.8 Å². The Balaban J connectivity index is 0.00000544. The van der Waals surface area contributed by atoms with Crippen LogP contribution in [0.25, 0.3) is 16.9 Å². The van der Waals surface area contributed by atoms with Crippen molar-refractivity contribution in [1.29, 1.82) is 0 Å². The van der Waals surface area contributed by atoms with Gasteiger partial charge in [0.1, 0.15) is 4.90 Å². The van der Waals surface area contributed by atoms with E-state index in [-0.39, 0.29) is 139 Å². The van der Waals surface area contributed by atoms with Crippen LogP contribution < -0.4 is 72.0 Å². The Kier molecular flexibility index (Phi) is 28.0. The summed E-state index contributed by atoms with van der Waals surface area (Å²) in [6.07, 6.45) is 1.24. The smallest absolute Gasteiger partial charge is 0.792 e. The molecule has 345 valence electrons. The predicted octanol–water partition coefficient (Wildman–Crippen LogP) is 7.25. The van der Waals surface area contributed by atoms with E-state index in [1.165, 1.54) is 23.6 Å². The number of carbonyl (C=O) groups is 3. The van der Waals surface area contributed by atoms with Gasteiger partial charge in [-0.3, -0.25) is 23.5 Å². The van der Waals surface area contributed by atoms with Gasteiger partial charge in [0.2, 0.25) is 0 Å². The minimum Gasteiger partial charge on any atom is -0.792 e. The topological polar surface area (TPSA) is 229 Å². The molecular formula is C45H53KN7O8PS3Y-2. The van der Waals surface area contributed by atoms with Gasteiger partial charge in [0, 0.05) is 92.8 Å². The van der Waals surface area contributed by atoms with Crippen molar-refractivity contribution in [3.63, 3.8) is 0 Å². The first kappa shape index (κ1) is 61.4. The summed E-state index contributed by atoms with van der Waals surface area (Å²) < 4.78 is 52.6. The quantitative estimate of drug-likeness (QED) is 0.0102. The molecule has 5 rings (SSSR count). The van der Waals surface area contributed by atoms with Gasteiger partial charge in [0.05, 0.1) is 24.0 Å². The minimum atomic E-state index is -4.38. The Morgan fingerprint density at radius 1 is 0.879 bits per heavy atom. The van der Waals surface area contributed by atoms with Crippen molar-refractivity contribution < 1.29 is 121 Å². The van der Waals surface area contributed by atoms with E-state index in [4.69, 9.17) is 17.2 Å². The summed E-state index contributed by atoms with van der Waals surface area (Å²) in [6, 6.07) is 29.7. The number of ketones is 1. The number of nitrogens with zero attached hydrogens (tertiary/aromatic N) is 3. The molecule has 5 aromatic carbocycles. The van der Waals surface area contributed by atoms with Crippen LogP contribution in [0.4, 0.5) is 22.7 Å². The van der Waals surface area contributed by atoms with Crippen LogP contribution >= 0.6 is 19.3 Å². The normalized spacial score (nSPS) is 12.4. The number of nitrogens with one attached hydrogen (secondary N) is 3. The maximum atomic E-state index is 13.8. The van der Waals surface area contributed by atoms with Gasteiger partial charge < -0.3 is 51.4 Å². The molecule has 0 aliphatic carbocycles. The fourth-order valence-electron chi connectivity index (χ4n) is 6.17. The molecule has 21 heteroatoms. The van der Waals surface area contributed by atoms with Crippen LogP contribution in [0.3, 0.4) is 0 Å². The molecule has 0 saturated carbocycles.